The van der Waals surface area contributed by atoms with E-state index in [-0.39, 0.29) is 0 Å². The predicted molar refractivity (Wildman–Crippen MR) is 45.1 cm³/mol. The third kappa shape index (κ3) is 10.8. The van der Waals surface area contributed by atoms with Gasteiger partial charge in [0.25, 0.3) is 0 Å². The minimum Gasteiger partial charge on any atom is -0.304 e. The maximum Gasteiger partial charge on any atom is 0.110 e. The molecular weight excluding hydrogens is 129 g/mol. The smallest absolute Gasteiger partial charge is 0.110 e. The average Bonchev–Trinajstić information content (AvgIpc) is 1.91. The maximum atomic E-state index is 12.1. The lowest BCUT2D eigenvalue weighted by atomic mass is 10.4. The number of halogens is 1. The van der Waals surface area contributed by atoms with Crippen molar-refractivity contribution in [2.75, 3.05) is 20.1 Å². The van der Waals surface area contributed by atoms with Gasteiger partial charge >= 0.3 is 0 Å². The van der Waals surface area contributed by atoms with Gasteiger partial charge in [0.1, 0.15) is 6.17 Å². The summed E-state index contributed by atoms with van der Waals surface area (Å²) in [7, 11) is 1.91. The normalized spacial score (nSPS) is 12.3. The number of nitrogens with zero attached hydrogens (tertiary/aromatic N) is 1. The summed E-state index contributed by atoms with van der Waals surface area (Å²) in [4.78, 5) is 1.95. The molecule has 0 amide bonds. The summed E-state index contributed by atoms with van der Waals surface area (Å²) in [5, 5.41) is 0. The Labute approximate surface area is 64.2 Å². The van der Waals surface area contributed by atoms with Crippen LogP contribution in [0.2, 0.25) is 0 Å². The zero-order chi connectivity index (χ0) is 8.57. The Bertz CT molecular complexity index is 55.2. The molecule has 0 radical (unpaired) electrons. The topological polar surface area (TPSA) is 3.24 Å². The first-order valence-electron chi connectivity index (χ1n) is 3.99. The fourth-order valence-electron chi connectivity index (χ4n) is 0.559. The molecule has 0 aliphatic heterocycles. The second-order valence-electron chi connectivity index (χ2n) is 2.14. The van der Waals surface area contributed by atoms with Crippen molar-refractivity contribution in [3.05, 3.63) is 0 Å². The molecule has 0 aliphatic carbocycles. The molecule has 1 atom stereocenters. The van der Waals surface area contributed by atoms with E-state index in [1.54, 1.807) is 6.92 Å². The summed E-state index contributed by atoms with van der Waals surface area (Å²) in [6, 6.07) is 0. The highest BCUT2D eigenvalue weighted by molar-refractivity contribution is 4.52. The Morgan fingerprint density at radius 1 is 1.40 bits per heavy atom. The second-order valence-corrected chi connectivity index (χ2v) is 2.14. The van der Waals surface area contributed by atoms with Crippen LogP contribution in [0.4, 0.5) is 4.39 Å². The first-order valence-corrected chi connectivity index (χ1v) is 3.99. The summed E-state index contributed by atoms with van der Waals surface area (Å²) >= 11 is 0. The molecule has 0 aromatic carbocycles. The third-order valence-corrected chi connectivity index (χ3v) is 1.10. The number of rotatable bonds is 3. The first kappa shape index (κ1) is 12.6. The van der Waals surface area contributed by atoms with Crippen LogP contribution in [-0.2, 0) is 0 Å². The molecule has 0 aliphatic rings. The summed E-state index contributed by atoms with van der Waals surface area (Å²) in [6.07, 6.45) is -0.694. The molecule has 0 aromatic rings. The van der Waals surface area contributed by atoms with Crippen LogP contribution in [0.1, 0.15) is 27.7 Å². The van der Waals surface area contributed by atoms with Crippen LogP contribution < -0.4 is 0 Å². The Kier molecular flexibility index (Phi) is 11.2. The van der Waals surface area contributed by atoms with E-state index < -0.39 is 6.17 Å². The lowest BCUT2D eigenvalue weighted by molar-refractivity contribution is 0.242. The average molecular weight is 149 g/mol. The summed E-state index contributed by atoms with van der Waals surface area (Å²) in [6.45, 7) is 9.07. The van der Waals surface area contributed by atoms with Gasteiger partial charge in [0.15, 0.2) is 0 Å². The van der Waals surface area contributed by atoms with Crippen LogP contribution in [-0.4, -0.2) is 31.2 Å². The Hall–Kier alpha value is -0.110. The quantitative estimate of drug-likeness (QED) is 0.595. The second kappa shape index (κ2) is 8.89. The zero-order valence-corrected chi connectivity index (χ0v) is 7.82. The van der Waals surface area contributed by atoms with Crippen LogP contribution in [0.15, 0.2) is 0 Å². The summed E-state index contributed by atoms with van der Waals surface area (Å²) in [5.41, 5.74) is 0. The van der Waals surface area contributed by atoms with E-state index in [1.165, 1.54) is 0 Å². The molecule has 1 nitrogen and oxygen atoms in total. The van der Waals surface area contributed by atoms with Crippen molar-refractivity contribution in [1.82, 2.24) is 4.90 Å². The van der Waals surface area contributed by atoms with Gasteiger partial charge in [-0.3, -0.25) is 0 Å². The first-order chi connectivity index (χ1) is 4.66. The van der Waals surface area contributed by atoms with Gasteiger partial charge < -0.3 is 4.90 Å². The minimum absolute atomic E-state index is 0.552. The molecule has 64 valence electrons. The predicted octanol–water partition coefficient (Wildman–Crippen LogP) is 2.32. The zero-order valence-electron chi connectivity index (χ0n) is 7.82. The molecule has 0 bridgehead atoms. The number of hydrogen-bond donors (Lipinski definition) is 0. The van der Waals surface area contributed by atoms with E-state index in [2.05, 4.69) is 0 Å². The van der Waals surface area contributed by atoms with Gasteiger partial charge in [-0.05, 0) is 20.5 Å². The van der Waals surface area contributed by atoms with E-state index in [0.29, 0.717) is 6.54 Å². The molecule has 0 fully saturated rings. The molecule has 0 saturated heterocycles. The van der Waals surface area contributed by atoms with Gasteiger partial charge in [-0.1, -0.05) is 20.8 Å². The molecule has 0 N–H and O–H groups in total. The molecule has 0 heterocycles. The van der Waals surface area contributed by atoms with Gasteiger partial charge in [-0.25, -0.2) is 4.39 Å². The number of hydrogen-bond acceptors (Lipinski definition) is 1. The fourth-order valence-corrected chi connectivity index (χ4v) is 0.559. The third-order valence-electron chi connectivity index (χ3n) is 1.10. The van der Waals surface area contributed by atoms with Gasteiger partial charge in [0, 0.05) is 6.54 Å². The summed E-state index contributed by atoms with van der Waals surface area (Å²) in [5.74, 6) is 0. The molecule has 0 spiro atoms. The molecule has 10 heavy (non-hydrogen) atoms. The molecule has 0 rings (SSSR count). The van der Waals surface area contributed by atoms with Gasteiger partial charge in [0.2, 0.25) is 0 Å². The highest BCUT2D eigenvalue weighted by Crippen LogP contribution is 1.90. The van der Waals surface area contributed by atoms with Crippen molar-refractivity contribution < 1.29 is 4.39 Å². The van der Waals surface area contributed by atoms with Crippen molar-refractivity contribution in [3.8, 4) is 0 Å². The van der Waals surface area contributed by atoms with Crippen molar-refractivity contribution in [2.24, 2.45) is 0 Å². The van der Waals surface area contributed by atoms with Crippen molar-refractivity contribution >= 4 is 0 Å². The van der Waals surface area contributed by atoms with Gasteiger partial charge in [-0.15, -0.1) is 0 Å². The summed E-state index contributed by atoms with van der Waals surface area (Å²) < 4.78 is 12.1. The van der Waals surface area contributed by atoms with Crippen LogP contribution >= 0.6 is 0 Å². The minimum atomic E-state index is -0.694. The van der Waals surface area contributed by atoms with Crippen molar-refractivity contribution in [2.45, 2.75) is 33.9 Å². The molecule has 0 saturated carbocycles. The fraction of sp³-hybridized carbons (Fsp3) is 1.00. The van der Waals surface area contributed by atoms with Gasteiger partial charge in [-0.2, -0.15) is 0 Å². The van der Waals surface area contributed by atoms with Crippen LogP contribution in [0.3, 0.4) is 0 Å². The Morgan fingerprint density at radius 3 is 1.90 bits per heavy atom. The van der Waals surface area contributed by atoms with Crippen LogP contribution in [0.25, 0.3) is 0 Å². The monoisotopic (exact) mass is 149 g/mol. The van der Waals surface area contributed by atoms with Crippen LogP contribution in [0, 0.1) is 0 Å². The SMILES string of the molecule is CC.CCN(C)CC(C)F. The Balaban J connectivity index is 0. The standard InChI is InChI=1S/C6H14FN.C2H6/c1-4-8(3)5-6(2)7;1-2/h6H,4-5H2,1-3H3;1-2H3. The molecule has 0 aromatic heterocycles. The highest BCUT2D eigenvalue weighted by atomic mass is 19.1. The van der Waals surface area contributed by atoms with Gasteiger partial charge in [0.05, 0.1) is 0 Å². The van der Waals surface area contributed by atoms with E-state index in [0.717, 1.165) is 6.54 Å². The van der Waals surface area contributed by atoms with Crippen LogP contribution in [0.5, 0.6) is 0 Å². The molecule has 1 unspecified atom stereocenters. The lowest BCUT2D eigenvalue weighted by Gasteiger charge is -2.13. The van der Waals surface area contributed by atoms with E-state index >= 15 is 0 Å². The largest absolute Gasteiger partial charge is 0.304 e. The highest BCUT2D eigenvalue weighted by Gasteiger charge is 1.99. The van der Waals surface area contributed by atoms with Crippen molar-refractivity contribution in [1.29, 1.82) is 0 Å². The number of alkyl halides is 1. The Morgan fingerprint density at radius 2 is 1.80 bits per heavy atom. The van der Waals surface area contributed by atoms with E-state index in [4.69, 9.17) is 0 Å². The molecule has 2 heteroatoms. The lowest BCUT2D eigenvalue weighted by Crippen LogP contribution is -2.24. The molecular formula is C8H20FN. The van der Waals surface area contributed by atoms with E-state index in [1.807, 2.05) is 32.7 Å². The maximum absolute atomic E-state index is 12.1. The van der Waals surface area contributed by atoms with E-state index in [9.17, 15) is 4.39 Å². The van der Waals surface area contributed by atoms with Crippen molar-refractivity contribution in [3.63, 3.8) is 0 Å².